The van der Waals surface area contributed by atoms with Crippen LogP contribution in [0.15, 0.2) is 6.07 Å². The SMILES string of the molecule is COc1cc(CN)c(CC(=O)O)c(C(F)F)n1. The first-order valence-corrected chi connectivity index (χ1v) is 4.76. The summed E-state index contributed by atoms with van der Waals surface area (Å²) in [6.07, 6.45) is -3.41. The van der Waals surface area contributed by atoms with Crippen LogP contribution in [0.2, 0.25) is 0 Å². The smallest absolute Gasteiger partial charge is 0.307 e. The zero-order chi connectivity index (χ0) is 13.0. The molecule has 0 aromatic carbocycles. The van der Waals surface area contributed by atoms with Crippen molar-refractivity contribution >= 4 is 5.97 Å². The van der Waals surface area contributed by atoms with Crippen LogP contribution in [0.1, 0.15) is 23.2 Å². The number of carboxylic acid groups (broad SMARTS) is 1. The van der Waals surface area contributed by atoms with Gasteiger partial charge in [0.1, 0.15) is 5.69 Å². The lowest BCUT2D eigenvalue weighted by molar-refractivity contribution is -0.136. The number of aromatic nitrogens is 1. The van der Waals surface area contributed by atoms with Crippen LogP contribution >= 0.6 is 0 Å². The Morgan fingerprint density at radius 3 is 2.71 bits per heavy atom. The third-order valence-corrected chi connectivity index (χ3v) is 2.19. The molecule has 0 radical (unpaired) electrons. The molecule has 5 nitrogen and oxygen atoms in total. The van der Waals surface area contributed by atoms with Crippen LogP contribution in [0.5, 0.6) is 5.88 Å². The topological polar surface area (TPSA) is 85.4 Å². The summed E-state index contributed by atoms with van der Waals surface area (Å²) in [6, 6.07) is 1.37. The average molecular weight is 246 g/mol. The zero-order valence-electron chi connectivity index (χ0n) is 9.11. The molecule has 1 rings (SSSR count). The van der Waals surface area contributed by atoms with Crippen LogP contribution in [0.4, 0.5) is 8.78 Å². The summed E-state index contributed by atoms with van der Waals surface area (Å²) in [5, 5.41) is 8.67. The predicted molar refractivity (Wildman–Crippen MR) is 55.0 cm³/mol. The summed E-state index contributed by atoms with van der Waals surface area (Å²) < 4.78 is 30.3. The van der Waals surface area contributed by atoms with Gasteiger partial charge < -0.3 is 15.6 Å². The van der Waals surface area contributed by atoms with Crippen LogP contribution in [-0.2, 0) is 17.8 Å². The molecule has 0 saturated carbocycles. The standard InChI is InChI=1S/C10H12F2N2O3/c1-17-7-2-5(4-13)6(3-8(15)16)9(14-7)10(11)12/h2,10H,3-4,13H2,1H3,(H,15,16). The van der Waals surface area contributed by atoms with Gasteiger partial charge in [0.05, 0.1) is 13.5 Å². The number of pyridine rings is 1. The largest absolute Gasteiger partial charge is 0.481 e. The molecule has 3 N–H and O–H groups in total. The van der Waals surface area contributed by atoms with Crippen molar-refractivity contribution < 1.29 is 23.4 Å². The van der Waals surface area contributed by atoms with E-state index in [-0.39, 0.29) is 18.0 Å². The van der Waals surface area contributed by atoms with Crippen LogP contribution in [0.3, 0.4) is 0 Å². The summed E-state index contributed by atoms with van der Waals surface area (Å²) in [7, 11) is 1.29. The van der Waals surface area contributed by atoms with Gasteiger partial charge in [-0.05, 0) is 11.1 Å². The Kier molecular flexibility index (Phi) is 4.33. The summed E-state index contributed by atoms with van der Waals surface area (Å²) in [5.41, 5.74) is 5.06. The Morgan fingerprint density at radius 1 is 1.65 bits per heavy atom. The third-order valence-electron chi connectivity index (χ3n) is 2.19. The molecule has 0 atom stereocenters. The van der Waals surface area contributed by atoms with E-state index in [1.165, 1.54) is 13.2 Å². The fourth-order valence-electron chi connectivity index (χ4n) is 1.44. The number of rotatable bonds is 5. The number of carboxylic acids is 1. The molecule has 1 aromatic heterocycles. The lowest BCUT2D eigenvalue weighted by Crippen LogP contribution is -2.12. The minimum absolute atomic E-state index is 0.00473. The van der Waals surface area contributed by atoms with Crippen LogP contribution in [0, 0.1) is 0 Å². The summed E-state index contributed by atoms with van der Waals surface area (Å²) >= 11 is 0. The molecule has 7 heteroatoms. The maximum Gasteiger partial charge on any atom is 0.307 e. The van der Waals surface area contributed by atoms with E-state index in [9.17, 15) is 13.6 Å². The van der Waals surface area contributed by atoms with Crippen LogP contribution in [-0.4, -0.2) is 23.2 Å². The van der Waals surface area contributed by atoms with Crippen molar-refractivity contribution in [3.8, 4) is 5.88 Å². The van der Waals surface area contributed by atoms with E-state index in [0.29, 0.717) is 5.56 Å². The first-order valence-electron chi connectivity index (χ1n) is 4.76. The monoisotopic (exact) mass is 246 g/mol. The molecule has 1 heterocycles. The second-order valence-corrected chi connectivity index (χ2v) is 3.26. The zero-order valence-corrected chi connectivity index (χ0v) is 9.11. The minimum atomic E-state index is -2.87. The van der Waals surface area contributed by atoms with Crippen LogP contribution in [0.25, 0.3) is 0 Å². The molecular weight excluding hydrogens is 234 g/mol. The first kappa shape index (κ1) is 13.3. The minimum Gasteiger partial charge on any atom is -0.481 e. The van der Waals surface area contributed by atoms with Gasteiger partial charge in [-0.25, -0.2) is 13.8 Å². The van der Waals surface area contributed by atoms with Crippen molar-refractivity contribution in [2.24, 2.45) is 5.73 Å². The van der Waals surface area contributed by atoms with E-state index >= 15 is 0 Å². The van der Waals surface area contributed by atoms with E-state index in [4.69, 9.17) is 15.6 Å². The van der Waals surface area contributed by atoms with Crippen molar-refractivity contribution in [1.29, 1.82) is 0 Å². The fraction of sp³-hybridized carbons (Fsp3) is 0.400. The highest BCUT2D eigenvalue weighted by Crippen LogP contribution is 2.27. The molecule has 0 saturated heterocycles. The van der Waals surface area contributed by atoms with Gasteiger partial charge >= 0.3 is 5.97 Å². The summed E-state index contributed by atoms with van der Waals surface area (Å²) in [4.78, 5) is 14.2. The lowest BCUT2D eigenvalue weighted by Gasteiger charge is -2.13. The van der Waals surface area contributed by atoms with Crippen molar-refractivity contribution in [3.05, 3.63) is 22.9 Å². The number of alkyl halides is 2. The Morgan fingerprint density at radius 2 is 2.29 bits per heavy atom. The lowest BCUT2D eigenvalue weighted by atomic mass is 10.0. The van der Waals surface area contributed by atoms with Gasteiger partial charge in [-0.2, -0.15) is 0 Å². The highest BCUT2D eigenvalue weighted by Gasteiger charge is 2.21. The fourth-order valence-corrected chi connectivity index (χ4v) is 1.44. The summed E-state index contributed by atoms with van der Waals surface area (Å²) in [6.45, 7) is -0.0544. The number of ether oxygens (including phenoxy) is 1. The van der Waals surface area contributed by atoms with Gasteiger partial charge in [0.25, 0.3) is 6.43 Å². The molecule has 0 bridgehead atoms. The first-order chi connectivity index (χ1) is 7.99. The van der Waals surface area contributed by atoms with Gasteiger partial charge in [0.2, 0.25) is 5.88 Å². The van der Waals surface area contributed by atoms with E-state index in [2.05, 4.69) is 4.98 Å². The molecule has 0 aliphatic heterocycles. The molecule has 0 unspecified atom stereocenters. The molecule has 0 aliphatic carbocycles. The number of aliphatic carboxylic acids is 1. The molecule has 17 heavy (non-hydrogen) atoms. The van der Waals surface area contributed by atoms with Crippen molar-refractivity contribution in [1.82, 2.24) is 4.98 Å². The Hall–Kier alpha value is -1.76. The van der Waals surface area contributed by atoms with E-state index < -0.39 is 24.5 Å². The Bertz CT molecular complexity index is 424. The molecule has 0 spiro atoms. The maximum absolute atomic E-state index is 12.8. The second kappa shape index (κ2) is 5.53. The van der Waals surface area contributed by atoms with Gasteiger partial charge in [0.15, 0.2) is 0 Å². The van der Waals surface area contributed by atoms with Gasteiger partial charge in [-0.1, -0.05) is 0 Å². The van der Waals surface area contributed by atoms with Crippen molar-refractivity contribution in [2.45, 2.75) is 19.4 Å². The predicted octanol–water partition coefficient (Wildman–Crippen LogP) is 1.11. The molecular formula is C10H12F2N2O3. The molecule has 0 amide bonds. The Labute approximate surface area is 96.2 Å². The van der Waals surface area contributed by atoms with E-state index in [1.54, 1.807) is 0 Å². The highest BCUT2D eigenvalue weighted by molar-refractivity contribution is 5.71. The number of halogens is 2. The number of hydrogen-bond donors (Lipinski definition) is 2. The average Bonchev–Trinajstić information content (AvgIpc) is 2.28. The highest BCUT2D eigenvalue weighted by atomic mass is 19.3. The number of hydrogen-bond acceptors (Lipinski definition) is 4. The second-order valence-electron chi connectivity index (χ2n) is 3.26. The van der Waals surface area contributed by atoms with Crippen molar-refractivity contribution in [3.63, 3.8) is 0 Å². The van der Waals surface area contributed by atoms with E-state index in [0.717, 1.165) is 0 Å². The van der Waals surface area contributed by atoms with Gasteiger partial charge in [-0.3, -0.25) is 4.79 Å². The summed E-state index contributed by atoms with van der Waals surface area (Å²) in [5.74, 6) is -1.22. The van der Waals surface area contributed by atoms with E-state index in [1.807, 2.05) is 0 Å². The number of carbonyl (C=O) groups is 1. The Balaban J connectivity index is 3.35. The normalized spacial score (nSPS) is 10.6. The number of nitrogens with two attached hydrogens (primary N) is 1. The molecule has 0 fully saturated rings. The molecule has 94 valence electrons. The van der Waals surface area contributed by atoms with Gasteiger partial charge in [0, 0.05) is 12.6 Å². The quantitative estimate of drug-likeness (QED) is 0.812. The third kappa shape index (κ3) is 3.10. The number of nitrogens with zero attached hydrogens (tertiary/aromatic N) is 1. The van der Waals surface area contributed by atoms with Gasteiger partial charge in [-0.15, -0.1) is 0 Å². The molecule has 1 aromatic rings. The van der Waals surface area contributed by atoms with Crippen LogP contribution < -0.4 is 10.5 Å². The maximum atomic E-state index is 12.8. The van der Waals surface area contributed by atoms with Crippen molar-refractivity contribution in [2.75, 3.05) is 7.11 Å². The molecule has 0 aliphatic rings. The number of methoxy groups -OCH3 is 1.